The Morgan fingerprint density at radius 3 is 2.02 bits per heavy atom. The van der Waals surface area contributed by atoms with E-state index in [0.717, 1.165) is 5.82 Å². The van der Waals surface area contributed by atoms with Crippen LogP contribution in [-0.4, -0.2) is 83.4 Å². The molecule has 0 atom stereocenters. The molecule has 0 N–H and O–H groups in total. The summed E-state index contributed by atoms with van der Waals surface area (Å²) in [4.78, 5) is 22.8. The summed E-state index contributed by atoms with van der Waals surface area (Å²) in [6, 6.07) is 7.17. The Hall–Kier alpha value is -2.86. The highest BCUT2D eigenvalue weighted by atomic mass is 32.2. The summed E-state index contributed by atoms with van der Waals surface area (Å²) in [5.41, 5.74) is 3.68. The molecule has 0 bridgehead atoms. The van der Waals surface area contributed by atoms with E-state index in [-0.39, 0.29) is 29.6 Å². The third-order valence-electron chi connectivity index (χ3n) is 8.82. The van der Waals surface area contributed by atoms with Gasteiger partial charge in [0.2, 0.25) is 20.0 Å². The Bertz CT molecular complexity index is 1560. The number of carbonyl (C=O) groups is 1. The quantitative estimate of drug-likeness (QED) is 0.513. The maximum absolute atomic E-state index is 13.8. The molecule has 1 aromatic heterocycles. The van der Waals surface area contributed by atoms with Crippen LogP contribution in [0.4, 0.5) is 17.2 Å². The first-order valence-corrected chi connectivity index (χ1v) is 17.6. The van der Waals surface area contributed by atoms with E-state index in [1.165, 1.54) is 45.4 Å². The molecular weight excluding hydrogens is 550 g/mol. The van der Waals surface area contributed by atoms with E-state index < -0.39 is 20.0 Å². The largest absolute Gasteiger partial charge is 0.353 e. The zero-order valence-corrected chi connectivity index (χ0v) is 24.2. The number of aromatic nitrogens is 1. The Morgan fingerprint density at radius 1 is 0.775 bits per heavy atom. The average molecular weight is 586 g/mol. The Balaban J connectivity index is 1.14. The second kappa shape index (κ2) is 9.61. The van der Waals surface area contributed by atoms with Crippen molar-refractivity contribution < 1.29 is 21.6 Å². The highest BCUT2D eigenvalue weighted by Gasteiger charge is 2.37. The van der Waals surface area contributed by atoms with Crippen molar-refractivity contribution in [3.05, 3.63) is 47.2 Å². The van der Waals surface area contributed by atoms with Gasteiger partial charge in [0.15, 0.2) is 0 Å². The Labute approximate surface area is 236 Å². The van der Waals surface area contributed by atoms with Crippen LogP contribution >= 0.6 is 0 Å². The molecule has 3 aliphatic heterocycles. The fourth-order valence-electron chi connectivity index (χ4n) is 6.28. The maximum atomic E-state index is 13.8. The van der Waals surface area contributed by atoms with Crippen molar-refractivity contribution in [1.82, 2.24) is 9.88 Å². The number of carbonyl (C=O) groups excluding carboxylic acids is 1. The zero-order chi connectivity index (χ0) is 27.6. The molecule has 12 heteroatoms. The molecule has 1 amide bonds. The third-order valence-corrected chi connectivity index (χ3v) is 12.5. The predicted octanol–water partition coefficient (Wildman–Crippen LogP) is 2.88. The van der Waals surface area contributed by atoms with Crippen LogP contribution in [0.15, 0.2) is 30.5 Å². The molecule has 0 radical (unpaired) electrons. The van der Waals surface area contributed by atoms with Crippen LogP contribution in [0.5, 0.6) is 0 Å². The standard InChI is InChI=1S/C28H35N5O5S2/c34-28(31-13-11-30(12-14-31)27-25(21-5-6-21)17-22(19-29-27)20-3-4-20)24-8-7-23(32-9-1-15-39(32,35)36)18-26(24)33-10-2-16-40(33,37)38/h7-8,17-21H,1-6,9-16H2. The number of rotatable bonds is 6. The van der Waals surface area contributed by atoms with Gasteiger partial charge in [-0.15, -0.1) is 0 Å². The monoisotopic (exact) mass is 585 g/mol. The van der Waals surface area contributed by atoms with E-state index in [1.54, 1.807) is 23.1 Å². The minimum Gasteiger partial charge on any atom is -0.353 e. The summed E-state index contributed by atoms with van der Waals surface area (Å²) >= 11 is 0. The van der Waals surface area contributed by atoms with Crippen LogP contribution in [0.25, 0.3) is 0 Å². The van der Waals surface area contributed by atoms with Crippen LogP contribution < -0.4 is 13.5 Å². The van der Waals surface area contributed by atoms with Crippen LogP contribution in [-0.2, 0) is 20.0 Å². The van der Waals surface area contributed by atoms with E-state index in [2.05, 4.69) is 11.0 Å². The summed E-state index contributed by atoms with van der Waals surface area (Å²) in [6.07, 6.45) is 7.93. The van der Waals surface area contributed by atoms with E-state index in [4.69, 9.17) is 4.98 Å². The smallest absolute Gasteiger partial charge is 0.256 e. The van der Waals surface area contributed by atoms with Crippen molar-refractivity contribution in [2.75, 3.05) is 64.3 Å². The van der Waals surface area contributed by atoms with E-state index in [9.17, 15) is 21.6 Å². The van der Waals surface area contributed by atoms with Gasteiger partial charge < -0.3 is 9.80 Å². The highest BCUT2D eigenvalue weighted by Crippen LogP contribution is 2.47. The number of amides is 1. The molecule has 40 heavy (non-hydrogen) atoms. The van der Waals surface area contributed by atoms with Crippen molar-refractivity contribution in [3.63, 3.8) is 0 Å². The fourth-order valence-corrected chi connectivity index (χ4v) is 9.41. The Kier molecular flexibility index (Phi) is 6.26. The van der Waals surface area contributed by atoms with Crippen LogP contribution in [0.1, 0.15) is 71.8 Å². The van der Waals surface area contributed by atoms with Crippen molar-refractivity contribution in [2.24, 2.45) is 0 Å². The van der Waals surface area contributed by atoms with Gasteiger partial charge in [0.1, 0.15) is 5.82 Å². The SMILES string of the molecule is O=C(c1ccc(N2CCCS2(=O)=O)cc1N1CCCS1(=O)=O)N1CCN(c2ncc(C3CC3)cc2C2CC2)CC1. The number of piperazine rings is 1. The molecule has 3 saturated heterocycles. The van der Waals surface area contributed by atoms with Crippen molar-refractivity contribution in [3.8, 4) is 0 Å². The lowest BCUT2D eigenvalue weighted by molar-refractivity contribution is 0.0747. The number of pyridine rings is 1. The first kappa shape index (κ1) is 26.1. The fraction of sp³-hybridized carbons (Fsp3) is 0.571. The average Bonchev–Trinajstić information content (AvgIpc) is 3.88. The first-order chi connectivity index (χ1) is 19.2. The van der Waals surface area contributed by atoms with Gasteiger partial charge in [0, 0.05) is 45.5 Å². The number of hydrogen-bond donors (Lipinski definition) is 0. The number of nitrogens with zero attached hydrogens (tertiary/aromatic N) is 5. The van der Waals surface area contributed by atoms with E-state index >= 15 is 0 Å². The Morgan fingerprint density at radius 2 is 1.43 bits per heavy atom. The topological polar surface area (TPSA) is 111 Å². The summed E-state index contributed by atoms with van der Waals surface area (Å²) in [5, 5.41) is 0. The van der Waals surface area contributed by atoms with E-state index in [1.807, 2.05) is 6.20 Å². The van der Waals surface area contributed by atoms with Crippen molar-refractivity contribution >= 4 is 43.1 Å². The molecule has 5 aliphatic rings. The zero-order valence-electron chi connectivity index (χ0n) is 22.5. The second-order valence-electron chi connectivity index (χ2n) is 11.7. The minimum atomic E-state index is -3.57. The second-order valence-corrected chi connectivity index (χ2v) is 15.7. The summed E-state index contributed by atoms with van der Waals surface area (Å²) in [6.45, 7) is 2.94. The van der Waals surface area contributed by atoms with Gasteiger partial charge in [0.25, 0.3) is 5.91 Å². The minimum absolute atomic E-state index is 0.0153. The number of anilines is 3. The van der Waals surface area contributed by atoms with Gasteiger partial charge in [-0.05, 0) is 79.7 Å². The molecule has 0 spiro atoms. The van der Waals surface area contributed by atoms with Gasteiger partial charge in [-0.1, -0.05) is 6.07 Å². The third kappa shape index (κ3) is 4.72. The molecule has 4 heterocycles. The van der Waals surface area contributed by atoms with Crippen molar-refractivity contribution in [1.29, 1.82) is 0 Å². The molecule has 1 aromatic carbocycles. The van der Waals surface area contributed by atoms with E-state index in [0.29, 0.717) is 68.7 Å². The van der Waals surface area contributed by atoms with Gasteiger partial charge in [-0.25, -0.2) is 21.8 Å². The van der Waals surface area contributed by atoms with Crippen LogP contribution in [0, 0.1) is 0 Å². The maximum Gasteiger partial charge on any atom is 0.256 e. The molecule has 214 valence electrons. The summed E-state index contributed by atoms with van der Waals surface area (Å²) < 4.78 is 53.5. The molecule has 2 aromatic rings. The molecule has 0 unspecified atom stereocenters. The molecular formula is C28H35N5O5S2. The number of hydrogen-bond acceptors (Lipinski definition) is 7. The van der Waals surface area contributed by atoms with Crippen LogP contribution in [0.3, 0.4) is 0 Å². The predicted molar refractivity (Wildman–Crippen MR) is 154 cm³/mol. The summed E-state index contributed by atoms with van der Waals surface area (Å²) in [7, 11) is -7.02. The van der Waals surface area contributed by atoms with Gasteiger partial charge in [-0.3, -0.25) is 13.4 Å². The van der Waals surface area contributed by atoms with Gasteiger partial charge in [0.05, 0.1) is 28.4 Å². The number of benzene rings is 1. The highest BCUT2D eigenvalue weighted by molar-refractivity contribution is 7.93. The molecule has 2 aliphatic carbocycles. The van der Waals surface area contributed by atoms with Gasteiger partial charge >= 0.3 is 0 Å². The lowest BCUT2D eigenvalue weighted by Crippen LogP contribution is -2.49. The summed E-state index contributed by atoms with van der Waals surface area (Å²) in [5.74, 6) is 2.14. The molecule has 2 saturated carbocycles. The van der Waals surface area contributed by atoms with Crippen LogP contribution in [0.2, 0.25) is 0 Å². The molecule has 10 nitrogen and oxygen atoms in total. The van der Waals surface area contributed by atoms with Crippen molar-refractivity contribution in [2.45, 2.75) is 50.4 Å². The first-order valence-electron chi connectivity index (χ1n) is 14.4. The normalized spacial score (nSPS) is 24.1. The number of sulfonamides is 2. The lowest BCUT2D eigenvalue weighted by atomic mass is 10.1. The molecule has 5 fully saturated rings. The lowest BCUT2D eigenvalue weighted by Gasteiger charge is -2.37. The van der Waals surface area contributed by atoms with Gasteiger partial charge in [-0.2, -0.15) is 0 Å². The molecule has 7 rings (SSSR count).